The first kappa shape index (κ1) is 165. The molecule has 0 saturated heterocycles. The first-order valence-corrected chi connectivity index (χ1v) is 7.63. The Hall–Kier alpha value is 24.0. The van der Waals surface area contributed by atoms with Crippen molar-refractivity contribution in [2.75, 3.05) is 0 Å². The summed E-state index contributed by atoms with van der Waals surface area (Å²) in [4.78, 5) is 1.88. The Balaban J connectivity index is -0.00000000470. The fourth-order valence-corrected chi connectivity index (χ4v) is 3.22. The van der Waals surface area contributed by atoms with Crippen LogP contribution < -0.4 is 0 Å². The Bertz CT molecular complexity index is 528. The van der Waals surface area contributed by atoms with E-state index in [1.165, 1.54) is 0 Å². The molecular formula is C18H26OSY23-2. The van der Waals surface area contributed by atoms with Gasteiger partial charge in [0, 0.05) is 752 Å². The molecule has 0 fully saturated rings. The minimum atomic E-state index is -0.973. The van der Waals surface area contributed by atoms with Crippen molar-refractivity contribution in [3.8, 4) is 11.1 Å². The summed E-state index contributed by atoms with van der Waals surface area (Å²) in [6.07, 6.45) is 0. The first-order chi connectivity index (χ1) is 8.88. The van der Waals surface area contributed by atoms with Crippen LogP contribution in [0.3, 0.4) is 0 Å². The summed E-state index contributed by atoms with van der Waals surface area (Å²) in [5, 5.41) is 0. The van der Waals surface area contributed by atoms with Crippen LogP contribution in [-0.2, 0) is 763 Å². The summed E-state index contributed by atoms with van der Waals surface area (Å²) in [6.45, 7) is 8.00. The molecule has 43 heavy (non-hydrogen) atoms. The van der Waals surface area contributed by atoms with E-state index >= 15 is 0 Å². The molecule has 0 saturated carbocycles. The van der Waals surface area contributed by atoms with Gasteiger partial charge in [-0.15, -0.1) is 0 Å². The molecule has 1 aliphatic heterocycles. The van der Waals surface area contributed by atoms with Crippen LogP contribution in [0.4, 0.5) is 0 Å². The SMILES string of the molecule is CC.CC.O=S1c2ccccc2-c2ccccc21.[CH3-].[CH3-].[Y].[Y].[Y].[Y].[Y].[Y].[Y].[Y].[Y].[Y].[Y].[Y].[Y].[Y].[Y].[Y].[Y].[Y].[Y].[Y].[Y].[Y].[Y]. The largest absolute Gasteiger partial charge is 0.358 e. The van der Waals surface area contributed by atoms with Gasteiger partial charge in [-0.2, -0.15) is 0 Å². The molecular weight excluding hydrogens is 2310 g/mol. The fourth-order valence-electron chi connectivity index (χ4n) is 1.82. The van der Waals surface area contributed by atoms with E-state index in [0.29, 0.717) is 0 Å². The van der Waals surface area contributed by atoms with Gasteiger partial charge in [0.1, 0.15) is 0 Å². The molecule has 1 nitrogen and oxygen atoms in total. The van der Waals surface area contributed by atoms with Crippen LogP contribution in [0.25, 0.3) is 11.1 Å². The second kappa shape index (κ2) is 126. The van der Waals surface area contributed by atoms with Crippen molar-refractivity contribution in [3.05, 3.63) is 63.4 Å². The van der Waals surface area contributed by atoms with E-state index in [4.69, 9.17) is 0 Å². The molecule has 0 N–H and O–H groups in total. The summed E-state index contributed by atoms with van der Waals surface area (Å²) in [5.41, 5.74) is 2.22. The smallest absolute Gasteiger partial charge is 0.0862 e. The van der Waals surface area contributed by atoms with Crippen LogP contribution in [0, 0.1) is 14.9 Å². The molecule has 0 bridgehead atoms. The van der Waals surface area contributed by atoms with Crippen molar-refractivity contribution in [2.45, 2.75) is 37.5 Å². The zero-order valence-electron chi connectivity index (χ0n) is 26.7. The Morgan fingerprint density at radius 2 is 0.465 bits per heavy atom. The van der Waals surface area contributed by atoms with Crippen molar-refractivity contribution < 1.29 is 757 Å². The maximum atomic E-state index is 12.0. The van der Waals surface area contributed by atoms with Crippen molar-refractivity contribution in [1.82, 2.24) is 0 Å². The number of hydrogen-bond donors (Lipinski definition) is 0. The summed E-state index contributed by atoms with van der Waals surface area (Å²) in [6, 6.07) is 15.8. The summed E-state index contributed by atoms with van der Waals surface area (Å²) >= 11 is 0. The van der Waals surface area contributed by atoms with E-state index in [1.54, 1.807) is 0 Å². The summed E-state index contributed by atoms with van der Waals surface area (Å²) in [7, 11) is -0.973. The molecule has 23 radical (unpaired) electrons. The van der Waals surface area contributed by atoms with Crippen molar-refractivity contribution in [2.24, 2.45) is 0 Å². The van der Waals surface area contributed by atoms with Gasteiger partial charge in [0.25, 0.3) is 0 Å². The standard InChI is InChI=1S/C12H8OS.2C2H6.2CH3.23Y/c13-14-11-7-3-1-5-9(11)10-6-2-4-8-12(10)14;2*1-2;;;;;;;;;;;;;;;;;;;;;;;;;/h1-8H;2*1-2H3;2*1H3;;;;;;;;;;;;;;;;;;;;;;;/q;;;2*-1;;;;;;;;;;;;;;;;;;;;;;;. The van der Waals surface area contributed by atoms with Crippen molar-refractivity contribution in [1.29, 1.82) is 0 Å². The molecule has 1 heterocycles. The summed E-state index contributed by atoms with van der Waals surface area (Å²) in [5.74, 6) is 0. The van der Waals surface area contributed by atoms with E-state index < -0.39 is 10.8 Å². The Morgan fingerprint density at radius 3 is 0.628 bits per heavy atom. The first-order valence-electron chi connectivity index (χ1n) is 6.48. The van der Waals surface area contributed by atoms with Gasteiger partial charge in [-0.25, -0.2) is 4.21 Å². The number of fused-ring (bicyclic) bond motifs is 3. The predicted octanol–water partition coefficient (Wildman–Crippen LogP) is 5.73. The molecule has 2 aromatic carbocycles. The van der Waals surface area contributed by atoms with Gasteiger partial charge < -0.3 is 14.9 Å². The maximum Gasteiger partial charge on any atom is 0.0862 e. The minimum Gasteiger partial charge on any atom is -0.358 e. The Kier molecular flexibility index (Phi) is 486. The van der Waals surface area contributed by atoms with E-state index in [2.05, 4.69) is 0 Å². The van der Waals surface area contributed by atoms with Gasteiger partial charge in [0.2, 0.25) is 0 Å². The van der Waals surface area contributed by atoms with Crippen LogP contribution >= 0.6 is 0 Å². The third-order valence-electron chi connectivity index (χ3n) is 2.46. The molecule has 0 atom stereocenters. The third-order valence-corrected chi connectivity index (χ3v) is 3.97. The van der Waals surface area contributed by atoms with E-state index in [9.17, 15) is 4.21 Å². The van der Waals surface area contributed by atoms with Crippen molar-refractivity contribution >= 4 is 10.8 Å². The maximum absolute atomic E-state index is 12.0. The molecule has 3 rings (SSSR count). The number of benzene rings is 2. The molecule has 0 aliphatic carbocycles. The predicted molar refractivity (Wildman–Crippen MR) is 92.1 cm³/mol. The van der Waals surface area contributed by atoms with Crippen molar-refractivity contribution in [3.63, 3.8) is 0 Å². The van der Waals surface area contributed by atoms with Gasteiger partial charge in [0.05, 0.1) is 20.6 Å². The van der Waals surface area contributed by atoms with Crippen LogP contribution in [0.15, 0.2) is 58.3 Å². The zero-order valence-corrected chi connectivity index (χ0v) is 92.8. The van der Waals surface area contributed by atoms with Crippen LogP contribution in [-0.4, -0.2) is 4.21 Å². The summed E-state index contributed by atoms with van der Waals surface area (Å²) < 4.78 is 12.0. The Morgan fingerprint density at radius 1 is 0.326 bits per heavy atom. The molecule has 1 aliphatic rings. The van der Waals surface area contributed by atoms with E-state index in [1.807, 2.05) is 76.2 Å². The molecule has 25 heteroatoms. The van der Waals surface area contributed by atoms with Gasteiger partial charge >= 0.3 is 0 Å². The van der Waals surface area contributed by atoms with Gasteiger partial charge in [-0.3, -0.25) is 0 Å². The average molecular weight is 2340 g/mol. The second-order valence-electron chi connectivity index (χ2n) is 3.26. The molecule has 181 valence electrons. The van der Waals surface area contributed by atoms with E-state index in [-0.39, 0.29) is 767 Å². The normalized spacial score (nSPS) is 4.74. The molecule has 0 unspecified atom stereocenters. The monoisotopic (exact) mass is 2340 g/mol. The fraction of sp³-hybridized carbons (Fsp3) is 0.222. The number of rotatable bonds is 0. The molecule has 0 spiro atoms. The molecule has 0 aromatic heterocycles. The topological polar surface area (TPSA) is 17.1 Å². The quantitative estimate of drug-likeness (QED) is 0.264. The van der Waals surface area contributed by atoms with Gasteiger partial charge in [-0.05, 0) is 23.3 Å². The van der Waals surface area contributed by atoms with Gasteiger partial charge in [-0.1, -0.05) is 64.1 Å². The molecule has 0 amide bonds. The van der Waals surface area contributed by atoms with E-state index in [0.717, 1.165) is 20.9 Å². The van der Waals surface area contributed by atoms with Crippen LogP contribution in [0.1, 0.15) is 27.7 Å². The second-order valence-corrected chi connectivity index (χ2v) is 4.68. The number of hydrogen-bond acceptors (Lipinski definition) is 1. The zero-order chi connectivity index (χ0) is 13.5. The third kappa shape index (κ3) is 80.3. The molecule has 2 aromatic rings. The Labute approximate surface area is 849 Å². The van der Waals surface area contributed by atoms with Gasteiger partial charge in [0.15, 0.2) is 0 Å². The van der Waals surface area contributed by atoms with Crippen LogP contribution in [0.5, 0.6) is 0 Å². The minimum absolute atomic E-state index is 0. The average Bonchev–Trinajstić information content (AvgIpc) is 2.78. The van der Waals surface area contributed by atoms with Crippen LogP contribution in [0.2, 0.25) is 0 Å².